The van der Waals surface area contributed by atoms with Crippen molar-refractivity contribution in [2.75, 3.05) is 19.7 Å². The Morgan fingerprint density at radius 2 is 2.09 bits per heavy atom. The van der Waals surface area contributed by atoms with E-state index in [-0.39, 0.29) is 18.4 Å². The minimum Gasteiger partial charge on any atom is -0.360 e. The largest absolute Gasteiger partial charge is 0.360 e. The Bertz CT molecular complexity index is 1150. The summed E-state index contributed by atoms with van der Waals surface area (Å²) < 4.78 is 11.0. The van der Waals surface area contributed by atoms with Crippen LogP contribution in [0.3, 0.4) is 0 Å². The van der Waals surface area contributed by atoms with Gasteiger partial charge in [0.05, 0.1) is 28.7 Å². The average molecular weight is 455 g/mol. The van der Waals surface area contributed by atoms with E-state index in [1.807, 2.05) is 39.0 Å². The molecule has 4 rings (SSSR count). The summed E-state index contributed by atoms with van der Waals surface area (Å²) in [5.74, 6) is 0.0625. The molecule has 0 radical (unpaired) electrons. The van der Waals surface area contributed by atoms with Gasteiger partial charge in [0.1, 0.15) is 23.2 Å². The topological polar surface area (TPSA) is 97.6 Å². The molecule has 1 aliphatic rings. The SMILES string of the molecule is CCc1onc(C)c1C(=O)NCC1OCCN1C(=O)c1nc(C)sc1-c1cccc(C)c1. The molecule has 9 heteroatoms. The first-order valence-corrected chi connectivity index (χ1v) is 11.4. The number of thiazole rings is 1. The van der Waals surface area contributed by atoms with Crippen molar-refractivity contribution in [1.82, 2.24) is 20.4 Å². The summed E-state index contributed by atoms with van der Waals surface area (Å²) in [6, 6.07) is 8.03. The molecule has 32 heavy (non-hydrogen) atoms. The Morgan fingerprint density at radius 1 is 1.28 bits per heavy atom. The smallest absolute Gasteiger partial charge is 0.276 e. The molecule has 1 aromatic carbocycles. The number of carbonyl (C=O) groups is 2. The second-order valence-electron chi connectivity index (χ2n) is 7.73. The van der Waals surface area contributed by atoms with Crippen LogP contribution in [0.2, 0.25) is 0 Å². The molecule has 0 aliphatic carbocycles. The summed E-state index contributed by atoms with van der Waals surface area (Å²) in [5, 5.41) is 7.57. The summed E-state index contributed by atoms with van der Waals surface area (Å²) in [5.41, 5.74) is 3.50. The lowest BCUT2D eigenvalue weighted by Gasteiger charge is -2.23. The van der Waals surface area contributed by atoms with Gasteiger partial charge in [-0.3, -0.25) is 9.59 Å². The maximum atomic E-state index is 13.4. The molecule has 0 spiro atoms. The zero-order valence-corrected chi connectivity index (χ0v) is 19.4. The van der Waals surface area contributed by atoms with Crippen LogP contribution in [0, 0.1) is 20.8 Å². The van der Waals surface area contributed by atoms with Crippen LogP contribution in [0.5, 0.6) is 0 Å². The number of nitrogens with one attached hydrogen (secondary N) is 1. The van der Waals surface area contributed by atoms with Crippen molar-refractivity contribution in [3.05, 3.63) is 57.5 Å². The van der Waals surface area contributed by atoms with Crippen LogP contribution in [-0.4, -0.2) is 52.8 Å². The standard InChI is InChI=1S/C23H26N4O4S/c1-5-17-19(14(3)26-31-17)22(28)24-12-18-27(9-10-30-18)23(29)20-21(32-15(4)25-20)16-8-6-7-13(2)11-16/h6-8,11,18H,5,9-10,12H2,1-4H3,(H,24,28). The van der Waals surface area contributed by atoms with Gasteiger partial charge in [0, 0.05) is 13.0 Å². The third kappa shape index (κ3) is 4.31. The van der Waals surface area contributed by atoms with Crippen molar-refractivity contribution in [1.29, 1.82) is 0 Å². The Morgan fingerprint density at radius 3 is 2.84 bits per heavy atom. The number of nitrogens with zero attached hydrogens (tertiary/aromatic N) is 3. The van der Waals surface area contributed by atoms with Gasteiger partial charge in [-0.25, -0.2) is 4.98 Å². The van der Waals surface area contributed by atoms with Crippen molar-refractivity contribution in [3.8, 4) is 10.4 Å². The van der Waals surface area contributed by atoms with Crippen LogP contribution < -0.4 is 5.32 Å². The fourth-order valence-electron chi connectivity index (χ4n) is 3.83. The van der Waals surface area contributed by atoms with E-state index in [2.05, 4.69) is 21.5 Å². The summed E-state index contributed by atoms with van der Waals surface area (Å²) in [4.78, 5) is 33.1. The van der Waals surface area contributed by atoms with Gasteiger partial charge < -0.3 is 19.5 Å². The lowest BCUT2D eigenvalue weighted by atomic mass is 10.1. The predicted octanol–water partition coefficient (Wildman–Crippen LogP) is 3.51. The first-order valence-electron chi connectivity index (χ1n) is 10.6. The minimum atomic E-state index is -0.566. The number of hydrogen-bond donors (Lipinski definition) is 1. The second kappa shape index (κ2) is 9.22. The minimum absolute atomic E-state index is 0.168. The van der Waals surface area contributed by atoms with Crippen LogP contribution in [-0.2, 0) is 11.2 Å². The van der Waals surface area contributed by atoms with E-state index >= 15 is 0 Å². The Balaban J connectivity index is 1.51. The summed E-state index contributed by atoms with van der Waals surface area (Å²) in [6.45, 7) is 8.56. The van der Waals surface area contributed by atoms with E-state index in [4.69, 9.17) is 9.26 Å². The molecule has 3 heterocycles. The highest BCUT2D eigenvalue weighted by Gasteiger charge is 2.34. The molecular weight excluding hydrogens is 428 g/mol. The Hall–Kier alpha value is -3.04. The maximum absolute atomic E-state index is 13.4. The number of aromatic nitrogens is 2. The summed E-state index contributed by atoms with van der Waals surface area (Å²) >= 11 is 1.50. The van der Waals surface area contributed by atoms with Crippen molar-refractivity contribution in [3.63, 3.8) is 0 Å². The zero-order chi connectivity index (χ0) is 22.8. The number of aryl methyl sites for hydroxylation is 4. The Kier molecular flexibility index (Phi) is 6.38. The normalized spacial score (nSPS) is 15.9. The molecule has 1 N–H and O–H groups in total. The fraction of sp³-hybridized carbons (Fsp3) is 0.391. The summed E-state index contributed by atoms with van der Waals surface area (Å²) in [7, 11) is 0. The zero-order valence-electron chi connectivity index (χ0n) is 18.6. The number of hydrogen-bond acceptors (Lipinski definition) is 7. The van der Waals surface area contributed by atoms with Gasteiger partial charge in [-0.05, 0) is 26.3 Å². The highest BCUT2D eigenvalue weighted by atomic mass is 32.1. The number of carbonyl (C=O) groups excluding carboxylic acids is 2. The van der Waals surface area contributed by atoms with Gasteiger partial charge >= 0.3 is 0 Å². The molecular formula is C23H26N4O4S. The van der Waals surface area contributed by atoms with E-state index in [0.717, 1.165) is 21.0 Å². The highest BCUT2D eigenvalue weighted by Crippen LogP contribution is 2.32. The lowest BCUT2D eigenvalue weighted by Crippen LogP contribution is -2.44. The number of ether oxygens (including phenoxy) is 1. The van der Waals surface area contributed by atoms with Gasteiger partial charge in [0.25, 0.3) is 11.8 Å². The predicted molar refractivity (Wildman–Crippen MR) is 121 cm³/mol. The van der Waals surface area contributed by atoms with Crippen LogP contribution >= 0.6 is 11.3 Å². The van der Waals surface area contributed by atoms with Gasteiger partial charge in [0.15, 0.2) is 0 Å². The van der Waals surface area contributed by atoms with E-state index in [1.54, 1.807) is 11.8 Å². The first-order chi connectivity index (χ1) is 15.4. The highest BCUT2D eigenvalue weighted by molar-refractivity contribution is 7.15. The summed E-state index contributed by atoms with van der Waals surface area (Å²) in [6.07, 6.45) is 0.00281. The molecule has 1 aliphatic heterocycles. The molecule has 1 atom stereocenters. The molecule has 2 aromatic heterocycles. The molecule has 1 unspecified atom stereocenters. The van der Waals surface area contributed by atoms with Gasteiger partial charge in [-0.2, -0.15) is 0 Å². The average Bonchev–Trinajstić information content (AvgIpc) is 3.49. The molecule has 3 aromatic rings. The first kappa shape index (κ1) is 22.2. The van der Waals surface area contributed by atoms with Crippen LogP contribution in [0.4, 0.5) is 0 Å². The maximum Gasteiger partial charge on any atom is 0.276 e. The molecule has 8 nitrogen and oxygen atoms in total. The van der Waals surface area contributed by atoms with E-state index in [0.29, 0.717) is 42.3 Å². The van der Waals surface area contributed by atoms with E-state index in [1.165, 1.54) is 11.3 Å². The van der Waals surface area contributed by atoms with Crippen molar-refractivity contribution in [2.45, 2.75) is 40.3 Å². The second-order valence-corrected chi connectivity index (χ2v) is 8.94. The fourth-order valence-corrected chi connectivity index (χ4v) is 4.74. The van der Waals surface area contributed by atoms with E-state index < -0.39 is 6.23 Å². The number of benzene rings is 1. The third-order valence-corrected chi connectivity index (χ3v) is 6.41. The molecule has 1 fully saturated rings. The van der Waals surface area contributed by atoms with Crippen LogP contribution in [0.25, 0.3) is 10.4 Å². The number of rotatable bonds is 6. The molecule has 2 amide bonds. The molecule has 0 bridgehead atoms. The van der Waals surface area contributed by atoms with Crippen LogP contribution in [0.15, 0.2) is 28.8 Å². The van der Waals surface area contributed by atoms with Crippen molar-refractivity contribution >= 4 is 23.2 Å². The molecule has 0 saturated carbocycles. The lowest BCUT2D eigenvalue weighted by molar-refractivity contribution is 0.0276. The van der Waals surface area contributed by atoms with Gasteiger partial charge in [-0.1, -0.05) is 41.9 Å². The monoisotopic (exact) mass is 454 g/mol. The quantitative estimate of drug-likeness (QED) is 0.612. The molecule has 1 saturated heterocycles. The van der Waals surface area contributed by atoms with Crippen molar-refractivity contribution < 1.29 is 18.8 Å². The number of amides is 2. The molecule has 168 valence electrons. The van der Waals surface area contributed by atoms with Gasteiger partial charge in [-0.15, -0.1) is 11.3 Å². The van der Waals surface area contributed by atoms with E-state index in [9.17, 15) is 9.59 Å². The van der Waals surface area contributed by atoms with Crippen molar-refractivity contribution in [2.24, 2.45) is 0 Å². The van der Waals surface area contributed by atoms with Gasteiger partial charge in [0.2, 0.25) is 0 Å². The van der Waals surface area contributed by atoms with Crippen LogP contribution in [0.1, 0.15) is 49.8 Å². The third-order valence-electron chi connectivity index (χ3n) is 5.39. The Labute approximate surface area is 190 Å².